The molecule has 1 aliphatic heterocycles. The van der Waals surface area contributed by atoms with Gasteiger partial charge in [0.25, 0.3) is 0 Å². The van der Waals surface area contributed by atoms with E-state index in [1.807, 2.05) is 0 Å². The van der Waals surface area contributed by atoms with Gasteiger partial charge in [0.15, 0.2) is 17.7 Å². The summed E-state index contributed by atoms with van der Waals surface area (Å²) in [7, 11) is -4.06. The first-order chi connectivity index (χ1) is 18.8. The van der Waals surface area contributed by atoms with E-state index >= 15 is 4.39 Å². The Labute approximate surface area is 238 Å². The zero-order valence-corrected chi connectivity index (χ0v) is 24.5. The fourth-order valence-corrected chi connectivity index (χ4v) is 6.81. The number of aryl methyl sites for hydroxylation is 1. The summed E-state index contributed by atoms with van der Waals surface area (Å²) in [5.74, 6) is -0.619. The maximum atomic E-state index is 15.8. The van der Waals surface area contributed by atoms with Gasteiger partial charge in [-0.3, -0.25) is 13.9 Å². The van der Waals surface area contributed by atoms with E-state index in [9.17, 15) is 19.3 Å². The zero-order chi connectivity index (χ0) is 29.2. The number of anilines is 1. The van der Waals surface area contributed by atoms with Crippen LogP contribution in [0.5, 0.6) is 5.75 Å². The van der Waals surface area contributed by atoms with E-state index in [0.29, 0.717) is 12.0 Å². The number of ether oxygens (including phenoxy) is 1. The molecular formula is C25H30BrFN5O7P. The molecule has 2 unspecified atom stereocenters. The quantitative estimate of drug-likeness (QED) is 0.218. The summed E-state index contributed by atoms with van der Waals surface area (Å²) < 4.78 is 45.9. The number of nitrogens with zero attached hydrogens (tertiary/aromatic N) is 4. The Balaban J connectivity index is 1.57. The Morgan fingerprint density at radius 3 is 2.73 bits per heavy atom. The predicted octanol–water partition coefficient (Wildman–Crippen LogP) is 3.76. The molecule has 1 fully saturated rings. The number of aliphatic hydroxyl groups is 1. The Morgan fingerprint density at radius 1 is 1.30 bits per heavy atom. The van der Waals surface area contributed by atoms with Crippen molar-refractivity contribution >= 4 is 52.1 Å². The first kappa shape index (κ1) is 30.2. The van der Waals surface area contributed by atoms with Gasteiger partial charge in [-0.2, -0.15) is 0 Å². The second kappa shape index (κ2) is 12.0. The highest BCUT2D eigenvalue weighted by Crippen LogP contribution is 2.53. The lowest BCUT2D eigenvalue weighted by atomic mass is 10.1. The van der Waals surface area contributed by atoms with Crippen LogP contribution in [-0.2, 0) is 29.8 Å². The predicted molar refractivity (Wildman–Crippen MR) is 147 cm³/mol. The number of nitrogen functional groups attached to an aromatic ring is 1. The Bertz CT molecular complexity index is 1450. The van der Waals surface area contributed by atoms with Gasteiger partial charge in [0.05, 0.1) is 19.1 Å². The molecule has 0 amide bonds. The lowest BCUT2D eigenvalue weighted by Crippen LogP contribution is -2.38. The lowest BCUT2D eigenvalue weighted by molar-refractivity contribution is -0.120. The summed E-state index contributed by atoms with van der Waals surface area (Å²) >= 11 is 2.92. The molecule has 1 aromatic carbocycles. The molecule has 0 bridgehead atoms. The largest absolute Gasteiger partial charge is 0.424 e. The van der Waals surface area contributed by atoms with Crippen LogP contribution in [0.4, 0.5) is 10.2 Å². The number of ketones is 2. The van der Waals surface area contributed by atoms with Crippen molar-refractivity contribution in [3.8, 4) is 5.75 Å². The Morgan fingerprint density at radius 2 is 2.02 bits per heavy atom. The number of alkyl halides is 2. The Hall–Kier alpha value is -2.77. The number of aliphatic hydroxyl groups excluding tert-OH is 1. The fourth-order valence-electron chi connectivity index (χ4n) is 4.17. The molecule has 6 atom stereocenters. The van der Waals surface area contributed by atoms with Crippen LogP contribution in [0.15, 0.2) is 36.9 Å². The van der Waals surface area contributed by atoms with Crippen molar-refractivity contribution in [2.24, 2.45) is 5.92 Å². The SMILES string of the molecule is CC(=O)CCc1ccccc1OP(=O)(C[C@@H](C)C(C)=O)OC[C@H]1O[C@@H](n2cnc3c(N)ncnc32)[C@@](F)(Br)C1O. The van der Waals surface area contributed by atoms with E-state index < -0.39 is 43.1 Å². The summed E-state index contributed by atoms with van der Waals surface area (Å²) in [6, 6.07) is 6.75. The summed E-state index contributed by atoms with van der Waals surface area (Å²) in [4.78, 5) is 35.6. The lowest BCUT2D eigenvalue weighted by Gasteiger charge is -2.25. The van der Waals surface area contributed by atoms with Gasteiger partial charge >= 0.3 is 7.60 Å². The third-order valence-electron chi connectivity index (χ3n) is 6.60. The van der Waals surface area contributed by atoms with E-state index in [4.69, 9.17) is 19.5 Å². The molecule has 15 heteroatoms. The molecule has 1 saturated heterocycles. The van der Waals surface area contributed by atoms with Crippen LogP contribution in [0.3, 0.4) is 0 Å². The summed E-state index contributed by atoms with van der Waals surface area (Å²) in [6.07, 6.45) is -1.74. The molecule has 0 saturated carbocycles. The number of Topliss-reactive ketones (excluding diaryl/α,β-unsaturated/α-hetero) is 2. The number of hydrogen-bond donors (Lipinski definition) is 2. The van der Waals surface area contributed by atoms with Crippen LogP contribution in [0.25, 0.3) is 11.2 Å². The van der Waals surface area contributed by atoms with Crippen molar-refractivity contribution in [1.29, 1.82) is 0 Å². The van der Waals surface area contributed by atoms with Crippen molar-refractivity contribution in [3.63, 3.8) is 0 Å². The molecule has 216 valence electrons. The maximum Gasteiger partial charge on any atom is 0.380 e. The molecule has 1 aliphatic rings. The summed E-state index contributed by atoms with van der Waals surface area (Å²) in [5, 5.41) is 10.8. The zero-order valence-electron chi connectivity index (χ0n) is 22.1. The van der Waals surface area contributed by atoms with Crippen molar-refractivity contribution < 1.29 is 37.4 Å². The molecule has 4 rings (SSSR count). The highest BCUT2D eigenvalue weighted by Gasteiger charge is 2.57. The average Bonchev–Trinajstić information content (AvgIpc) is 3.41. The first-order valence-corrected chi connectivity index (χ1v) is 15.0. The van der Waals surface area contributed by atoms with Gasteiger partial charge in [-0.25, -0.2) is 23.9 Å². The first-order valence-electron chi connectivity index (χ1n) is 12.5. The number of nitrogens with two attached hydrogens (primary N) is 1. The van der Waals surface area contributed by atoms with Gasteiger partial charge in [0.1, 0.15) is 41.4 Å². The topological polar surface area (TPSA) is 169 Å². The smallest absolute Gasteiger partial charge is 0.380 e. The second-order valence-electron chi connectivity index (χ2n) is 9.73. The van der Waals surface area contributed by atoms with E-state index in [1.54, 1.807) is 31.2 Å². The highest BCUT2D eigenvalue weighted by atomic mass is 79.9. The molecular weight excluding hydrogens is 612 g/mol. The summed E-state index contributed by atoms with van der Waals surface area (Å²) in [5.41, 5.74) is 6.86. The van der Waals surface area contributed by atoms with Crippen molar-refractivity contribution in [2.45, 2.75) is 56.6 Å². The standard InChI is InChI=1S/C25H30BrFN5O7P/c1-14(16(3)34)11-40(36,39-18-7-5-4-6-17(18)9-8-15(2)33)37-10-19-21(35)25(26,27)24(38-19)32-13-31-20-22(28)29-12-30-23(20)32/h4-7,12-14,19,21,24,35H,8-11H2,1-3H3,(H2,28,29,30)/t14-,19-,21?,24-,25-,40?/m1/s1. The van der Waals surface area contributed by atoms with Gasteiger partial charge < -0.3 is 24.9 Å². The van der Waals surface area contributed by atoms with Crippen molar-refractivity contribution in [2.75, 3.05) is 18.5 Å². The monoisotopic (exact) mass is 641 g/mol. The number of rotatable bonds is 12. The van der Waals surface area contributed by atoms with E-state index in [-0.39, 0.29) is 46.9 Å². The van der Waals surface area contributed by atoms with E-state index in [1.165, 1.54) is 31.1 Å². The van der Waals surface area contributed by atoms with E-state index in [0.717, 1.165) is 0 Å². The maximum absolute atomic E-state index is 15.8. The molecule has 40 heavy (non-hydrogen) atoms. The normalized spacial score (nSPS) is 25.0. The fraction of sp³-hybridized carbons (Fsp3) is 0.480. The van der Waals surface area contributed by atoms with Crippen LogP contribution in [0.2, 0.25) is 0 Å². The molecule has 3 heterocycles. The van der Waals surface area contributed by atoms with Gasteiger partial charge in [-0.1, -0.05) is 25.1 Å². The number of para-hydroxylation sites is 1. The average molecular weight is 642 g/mol. The van der Waals surface area contributed by atoms with Gasteiger partial charge in [0, 0.05) is 12.3 Å². The minimum Gasteiger partial charge on any atom is -0.424 e. The number of imidazole rings is 1. The van der Waals surface area contributed by atoms with Crippen LogP contribution < -0.4 is 10.3 Å². The minimum absolute atomic E-state index is 0.0225. The van der Waals surface area contributed by atoms with E-state index in [2.05, 4.69) is 30.9 Å². The molecule has 3 N–H and O–H groups in total. The minimum atomic E-state index is -4.06. The molecule has 2 aromatic heterocycles. The number of benzene rings is 1. The van der Waals surface area contributed by atoms with Gasteiger partial charge in [-0.05, 0) is 47.8 Å². The highest BCUT2D eigenvalue weighted by molar-refractivity contribution is 9.10. The third kappa shape index (κ3) is 6.41. The van der Waals surface area contributed by atoms with Crippen molar-refractivity contribution in [3.05, 3.63) is 42.5 Å². The summed E-state index contributed by atoms with van der Waals surface area (Å²) in [6.45, 7) is 3.88. The second-order valence-corrected chi connectivity index (χ2v) is 13.0. The number of halogens is 2. The molecule has 12 nitrogen and oxygen atoms in total. The van der Waals surface area contributed by atoms with Crippen LogP contribution in [0.1, 0.15) is 39.0 Å². The number of carbonyl (C=O) groups is 2. The molecule has 3 aromatic rings. The number of fused-ring (bicyclic) bond motifs is 1. The molecule has 0 radical (unpaired) electrons. The van der Waals surface area contributed by atoms with Gasteiger partial charge in [0.2, 0.25) is 4.58 Å². The molecule has 0 aliphatic carbocycles. The van der Waals surface area contributed by atoms with Crippen LogP contribution >= 0.6 is 23.5 Å². The Kier molecular flexibility index (Phi) is 9.05. The number of aromatic nitrogens is 4. The number of hydrogen-bond acceptors (Lipinski definition) is 11. The molecule has 0 spiro atoms. The number of carbonyl (C=O) groups excluding carboxylic acids is 2. The van der Waals surface area contributed by atoms with Crippen LogP contribution in [0, 0.1) is 5.92 Å². The van der Waals surface area contributed by atoms with Crippen LogP contribution in [-0.4, -0.2) is 65.7 Å². The third-order valence-corrected chi connectivity index (χ3v) is 9.48. The van der Waals surface area contributed by atoms with Gasteiger partial charge in [-0.15, -0.1) is 0 Å². The van der Waals surface area contributed by atoms with Crippen molar-refractivity contribution in [1.82, 2.24) is 19.5 Å².